The molecule has 3 nitrogen and oxygen atoms in total. The molecule has 2 aromatic rings. The predicted molar refractivity (Wildman–Crippen MR) is 107 cm³/mol. The third kappa shape index (κ3) is 4.80. The van der Waals surface area contributed by atoms with E-state index in [2.05, 4.69) is 27.5 Å². The molecule has 0 heterocycles. The number of alkyl halides is 9. The molecule has 2 aromatic carbocycles. The van der Waals surface area contributed by atoms with Crippen molar-refractivity contribution in [3.8, 4) is 0 Å². The first-order valence-corrected chi connectivity index (χ1v) is 11.0. The minimum Gasteiger partial charge on any atom is -0.288 e. The fourth-order valence-electron chi connectivity index (χ4n) is 2.37. The number of halogens is 10. The van der Waals surface area contributed by atoms with Gasteiger partial charge in [-0.3, -0.25) is 4.79 Å². The molecule has 0 aliphatic carbocycles. The Kier molecular flexibility index (Phi) is 7.42. The van der Waals surface area contributed by atoms with E-state index >= 15 is 0 Å². The molecule has 14 heteroatoms. The van der Waals surface area contributed by atoms with Crippen LogP contribution >= 0.6 is 27.5 Å². The van der Waals surface area contributed by atoms with Crippen LogP contribution in [0.25, 0.3) is 6.08 Å². The van der Waals surface area contributed by atoms with E-state index in [9.17, 15) is 48.3 Å². The summed E-state index contributed by atoms with van der Waals surface area (Å²) in [5.41, 5.74) is -0.868. The van der Waals surface area contributed by atoms with Gasteiger partial charge in [-0.25, -0.2) is 8.42 Å². The lowest BCUT2D eigenvalue weighted by atomic mass is 10.1. The fraction of sp³-hybridized carbons (Fsp3) is 0.211. The van der Waals surface area contributed by atoms with Crippen LogP contribution in [0.2, 0.25) is 0 Å². The van der Waals surface area contributed by atoms with Crippen LogP contribution in [0, 0.1) is 0 Å². The van der Waals surface area contributed by atoms with Gasteiger partial charge in [0.05, 0.1) is 0 Å². The van der Waals surface area contributed by atoms with Gasteiger partial charge in [0.2, 0.25) is 5.78 Å². The molecule has 0 unspecified atom stereocenters. The van der Waals surface area contributed by atoms with Gasteiger partial charge < -0.3 is 0 Å². The zero-order chi connectivity index (χ0) is 25.5. The average molecular weight is 586 g/mol. The number of carbonyl (C=O) groups is 1. The number of ketones is 1. The van der Waals surface area contributed by atoms with Crippen LogP contribution in [0.4, 0.5) is 35.1 Å². The summed E-state index contributed by atoms with van der Waals surface area (Å²) in [6.07, 6.45) is 0.234. The van der Waals surface area contributed by atoms with Crippen molar-refractivity contribution in [2.45, 2.75) is 22.5 Å². The van der Waals surface area contributed by atoms with E-state index < -0.39 is 48.6 Å². The van der Waals surface area contributed by atoms with Crippen LogP contribution in [0.1, 0.15) is 15.9 Å². The largest absolute Gasteiger partial charge is 0.418 e. The van der Waals surface area contributed by atoms with Gasteiger partial charge in [-0.2, -0.15) is 35.1 Å². The standard InChI is InChI=1S/C19H10BrClF8O3S/c20-13-8-6-11(7-9-13)10-14(15(30)12-4-2-1-3-5-12)33(31,32)19(28,29)17(24,25)16(22,23)18(21,26)27/h1-10H/b14-10-. The van der Waals surface area contributed by atoms with Gasteiger partial charge in [0, 0.05) is 10.0 Å². The molecule has 0 aromatic heterocycles. The number of allylic oxidation sites excluding steroid dienone is 1. The molecule has 180 valence electrons. The lowest BCUT2D eigenvalue weighted by Crippen LogP contribution is -2.63. The third-order valence-electron chi connectivity index (χ3n) is 4.17. The van der Waals surface area contributed by atoms with Crippen molar-refractivity contribution in [2.75, 3.05) is 0 Å². The minimum absolute atomic E-state index is 0.234. The number of Topliss-reactive ketones (excluding diaryl/α,β-unsaturated/α-hetero) is 1. The first kappa shape index (κ1) is 27.3. The first-order chi connectivity index (χ1) is 14.9. The van der Waals surface area contributed by atoms with Gasteiger partial charge in [0.25, 0.3) is 9.84 Å². The van der Waals surface area contributed by atoms with Gasteiger partial charge in [-0.15, -0.1) is 0 Å². The maximum Gasteiger partial charge on any atom is 0.418 e. The Bertz CT molecular complexity index is 1160. The molecule has 0 fully saturated rings. The Morgan fingerprint density at radius 2 is 1.30 bits per heavy atom. The predicted octanol–water partition coefficient (Wildman–Crippen LogP) is 6.78. The van der Waals surface area contributed by atoms with Gasteiger partial charge in [0.15, 0.2) is 0 Å². The van der Waals surface area contributed by atoms with Gasteiger partial charge >= 0.3 is 22.5 Å². The zero-order valence-electron chi connectivity index (χ0n) is 15.7. The Labute approximate surface area is 195 Å². The summed E-state index contributed by atoms with van der Waals surface area (Å²) in [7, 11) is -7.01. The van der Waals surface area contributed by atoms with Crippen LogP contribution in [0.15, 0.2) is 64.0 Å². The molecule has 0 saturated heterocycles. The summed E-state index contributed by atoms with van der Waals surface area (Å²) in [6, 6.07) is 10.2. The monoisotopic (exact) mass is 584 g/mol. The van der Waals surface area contributed by atoms with Gasteiger partial charge in [-0.05, 0) is 35.4 Å². The summed E-state index contributed by atoms with van der Waals surface area (Å²) in [5.74, 6) is -16.0. The topological polar surface area (TPSA) is 51.2 Å². The van der Waals surface area contributed by atoms with Crippen molar-refractivity contribution in [1.29, 1.82) is 0 Å². The average Bonchev–Trinajstić information content (AvgIpc) is 2.72. The SMILES string of the molecule is O=C(/C(=C/c1ccc(Br)cc1)S(=O)(=O)C(F)(F)C(F)(F)C(F)(F)C(F)(F)Cl)c1ccccc1. The molecule has 0 aliphatic heterocycles. The highest BCUT2D eigenvalue weighted by Crippen LogP contribution is 2.56. The molecule has 0 amide bonds. The van der Waals surface area contributed by atoms with E-state index in [-0.39, 0.29) is 11.6 Å². The smallest absolute Gasteiger partial charge is 0.288 e. The van der Waals surface area contributed by atoms with Crippen molar-refractivity contribution in [3.05, 3.63) is 75.1 Å². The second-order valence-corrected chi connectivity index (χ2v) is 9.77. The number of hydrogen-bond donors (Lipinski definition) is 0. The summed E-state index contributed by atoms with van der Waals surface area (Å²) in [4.78, 5) is 10.7. The minimum atomic E-state index is -7.22. The molecule has 33 heavy (non-hydrogen) atoms. The third-order valence-corrected chi connectivity index (χ3v) is 6.75. The Morgan fingerprint density at radius 1 is 0.818 bits per heavy atom. The van der Waals surface area contributed by atoms with Crippen LogP contribution in [-0.2, 0) is 9.84 Å². The van der Waals surface area contributed by atoms with Crippen LogP contribution in [0.3, 0.4) is 0 Å². The van der Waals surface area contributed by atoms with Gasteiger partial charge in [0.1, 0.15) is 4.91 Å². The zero-order valence-corrected chi connectivity index (χ0v) is 18.8. The highest BCUT2D eigenvalue weighted by atomic mass is 79.9. The fourth-order valence-corrected chi connectivity index (χ4v) is 4.15. The molecule has 0 radical (unpaired) electrons. The van der Waals surface area contributed by atoms with Crippen LogP contribution < -0.4 is 0 Å². The molecular formula is C19H10BrClF8O3S. The Balaban J connectivity index is 2.78. The van der Waals surface area contributed by atoms with E-state index in [4.69, 9.17) is 0 Å². The van der Waals surface area contributed by atoms with Crippen molar-refractivity contribution >= 4 is 49.2 Å². The van der Waals surface area contributed by atoms with Crippen molar-refractivity contribution < 1.29 is 48.3 Å². The molecule has 0 aliphatic rings. The lowest BCUT2D eigenvalue weighted by molar-refractivity contribution is -0.326. The normalized spacial score (nSPS) is 14.3. The highest BCUT2D eigenvalue weighted by molar-refractivity contribution is 9.10. The summed E-state index contributed by atoms with van der Waals surface area (Å²) >= 11 is 6.89. The Morgan fingerprint density at radius 3 is 1.76 bits per heavy atom. The molecule has 2 rings (SSSR count). The van der Waals surface area contributed by atoms with E-state index in [1.807, 2.05) is 0 Å². The number of benzene rings is 2. The van der Waals surface area contributed by atoms with Crippen LogP contribution in [0.5, 0.6) is 0 Å². The summed E-state index contributed by atoms with van der Waals surface area (Å²) in [6.45, 7) is 0. The number of sulfone groups is 1. The quantitative estimate of drug-likeness (QED) is 0.149. The van der Waals surface area contributed by atoms with E-state index in [1.165, 1.54) is 30.3 Å². The van der Waals surface area contributed by atoms with Crippen molar-refractivity contribution in [2.24, 2.45) is 0 Å². The summed E-state index contributed by atoms with van der Waals surface area (Å²) < 4.78 is 135. The number of rotatable bonds is 8. The number of carbonyl (C=O) groups excluding carboxylic acids is 1. The molecule has 0 atom stereocenters. The van der Waals surface area contributed by atoms with E-state index in [0.29, 0.717) is 4.47 Å². The molecular weight excluding hydrogens is 576 g/mol. The van der Waals surface area contributed by atoms with Gasteiger partial charge in [-0.1, -0.05) is 58.4 Å². The maximum atomic E-state index is 14.5. The highest BCUT2D eigenvalue weighted by Gasteiger charge is 2.84. The maximum absolute atomic E-state index is 14.5. The second-order valence-electron chi connectivity index (χ2n) is 6.42. The van der Waals surface area contributed by atoms with Crippen molar-refractivity contribution in [3.63, 3.8) is 0 Å². The lowest BCUT2D eigenvalue weighted by Gasteiger charge is -2.34. The van der Waals surface area contributed by atoms with Crippen LogP contribution in [-0.4, -0.2) is 36.7 Å². The van der Waals surface area contributed by atoms with E-state index in [0.717, 1.165) is 24.3 Å². The molecule has 0 saturated carbocycles. The summed E-state index contributed by atoms with van der Waals surface area (Å²) in [5, 5.41) is -13.1. The Hall–Kier alpha value is -1.99. The number of hydrogen-bond acceptors (Lipinski definition) is 3. The molecule has 0 bridgehead atoms. The molecule has 0 spiro atoms. The molecule has 0 N–H and O–H groups in total. The van der Waals surface area contributed by atoms with Crippen molar-refractivity contribution in [1.82, 2.24) is 0 Å². The van der Waals surface area contributed by atoms with E-state index in [1.54, 1.807) is 0 Å². The first-order valence-electron chi connectivity index (χ1n) is 8.39. The second kappa shape index (κ2) is 8.99.